The Balaban J connectivity index is 2.21. The average molecular weight is 299 g/mol. The van der Waals surface area contributed by atoms with E-state index < -0.39 is 0 Å². The second kappa shape index (κ2) is 8.58. The zero-order chi connectivity index (χ0) is 15.0. The lowest BCUT2D eigenvalue weighted by atomic mass is 10.3. The third kappa shape index (κ3) is 6.56. The molecule has 110 valence electrons. The van der Waals surface area contributed by atoms with Gasteiger partial charge in [-0.15, -0.1) is 11.8 Å². The summed E-state index contributed by atoms with van der Waals surface area (Å²) in [6.07, 6.45) is -0.0244. The van der Waals surface area contributed by atoms with E-state index in [0.717, 1.165) is 11.8 Å². The van der Waals surface area contributed by atoms with Crippen LogP contribution in [0.15, 0.2) is 29.2 Å². The number of esters is 1. The number of nitrogens with one attached hydrogen (secondary N) is 1. The number of rotatable bonds is 7. The summed E-state index contributed by atoms with van der Waals surface area (Å²) in [6, 6.07) is 6.28. The Bertz CT molecular complexity index is 465. The van der Waals surface area contributed by atoms with Gasteiger partial charge in [0.2, 0.25) is 5.91 Å². The molecule has 1 rings (SSSR count). The molecule has 4 nitrogen and oxygen atoms in total. The molecule has 0 saturated carbocycles. The zero-order valence-corrected chi connectivity index (χ0v) is 12.3. The molecule has 1 amide bonds. The molecular weight excluding hydrogens is 281 g/mol. The Morgan fingerprint density at radius 1 is 1.35 bits per heavy atom. The minimum Gasteiger partial charge on any atom is -0.463 e. The van der Waals surface area contributed by atoms with Crippen molar-refractivity contribution >= 4 is 23.6 Å². The first kappa shape index (κ1) is 16.5. The third-order valence-electron chi connectivity index (χ3n) is 2.21. The van der Waals surface area contributed by atoms with Crippen molar-refractivity contribution < 1.29 is 18.7 Å². The molecule has 0 atom stereocenters. The van der Waals surface area contributed by atoms with Gasteiger partial charge in [0.15, 0.2) is 0 Å². The van der Waals surface area contributed by atoms with E-state index >= 15 is 0 Å². The van der Waals surface area contributed by atoms with E-state index in [-0.39, 0.29) is 42.5 Å². The van der Waals surface area contributed by atoms with Crippen LogP contribution in [0.4, 0.5) is 4.39 Å². The van der Waals surface area contributed by atoms with E-state index in [2.05, 4.69) is 5.32 Å². The summed E-state index contributed by atoms with van der Waals surface area (Å²) in [4.78, 5) is 23.2. The van der Waals surface area contributed by atoms with Gasteiger partial charge in [0.25, 0.3) is 0 Å². The fourth-order valence-electron chi connectivity index (χ4n) is 1.38. The first-order valence-electron chi connectivity index (χ1n) is 6.32. The Morgan fingerprint density at radius 2 is 2.05 bits per heavy atom. The van der Waals surface area contributed by atoms with Crippen LogP contribution in [0.2, 0.25) is 0 Å². The lowest BCUT2D eigenvalue weighted by Gasteiger charge is -2.08. The summed E-state index contributed by atoms with van der Waals surface area (Å²) < 4.78 is 18.2. The highest BCUT2D eigenvalue weighted by Crippen LogP contribution is 2.20. The molecule has 0 heterocycles. The molecule has 0 spiro atoms. The molecule has 6 heteroatoms. The molecule has 0 aliphatic rings. The molecule has 0 radical (unpaired) electrons. The lowest BCUT2D eigenvalue weighted by Crippen LogP contribution is -2.28. The molecule has 0 bridgehead atoms. The summed E-state index contributed by atoms with van der Waals surface area (Å²) in [5, 5.41) is 2.59. The maximum absolute atomic E-state index is 13.3. The van der Waals surface area contributed by atoms with Crippen LogP contribution in [0.25, 0.3) is 0 Å². The Hall–Kier alpha value is -1.56. The van der Waals surface area contributed by atoms with Crippen molar-refractivity contribution in [3.05, 3.63) is 30.1 Å². The van der Waals surface area contributed by atoms with Crippen molar-refractivity contribution in [2.75, 3.05) is 12.3 Å². The second-order valence-corrected chi connectivity index (χ2v) is 5.37. The highest BCUT2D eigenvalue weighted by molar-refractivity contribution is 8.00. The van der Waals surface area contributed by atoms with Gasteiger partial charge in [0.1, 0.15) is 5.82 Å². The number of hydrogen-bond acceptors (Lipinski definition) is 4. The normalized spacial score (nSPS) is 10.4. The molecule has 1 N–H and O–H groups in total. The van der Waals surface area contributed by atoms with Gasteiger partial charge < -0.3 is 10.1 Å². The Labute approximate surface area is 122 Å². The minimum atomic E-state index is -0.345. The zero-order valence-electron chi connectivity index (χ0n) is 11.5. The van der Waals surface area contributed by atoms with E-state index in [1.807, 2.05) is 0 Å². The summed E-state index contributed by atoms with van der Waals surface area (Å²) in [7, 11) is 0. The molecule has 0 aliphatic heterocycles. The first-order valence-corrected chi connectivity index (χ1v) is 7.31. The number of thioether (sulfide) groups is 1. The summed E-state index contributed by atoms with van der Waals surface area (Å²) >= 11 is 1.12. The number of hydrogen-bond donors (Lipinski definition) is 1. The van der Waals surface area contributed by atoms with Crippen LogP contribution in [-0.2, 0) is 14.3 Å². The Kier molecular flexibility index (Phi) is 7.08. The maximum Gasteiger partial charge on any atom is 0.307 e. The molecule has 0 unspecified atom stereocenters. The predicted molar refractivity (Wildman–Crippen MR) is 76.0 cm³/mol. The lowest BCUT2D eigenvalue weighted by molar-refractivity contribution is -0.147. The van der Waals surface area contributed by atoms with Crippen molar-refractivity contribution in [2.45, 2.75) is 31.3 Å². The van der Waals surface area contributed by atoms with Gasteiger partial charge in [-0.2, -0.15) is 0 Å². The number of amides is 1. The number of benzene rings is 1. The minimum absolute atomic E-state index is 0.111. The van der Waals surface area contributed by atoms with Crippen molar-refractivity contribution in [1.29, 1.82) is 0 Å². The standard InChI is InChI=1S/C14H18FNO3S/c1-10(2)19-14(18)7-8-16-13(17)9-20-12-6-4-3-5-11(12)15/h3-6,10H,7-9H2,1-2H3,(H,16,17). The third-order valence-corrected chi connectivity index (χ3v) is 3.26. The monoisotopic (exact) mass is 299 g/mol. The predicted octanol–water partition coefficient (Wildman–Crippen LogP) is 2.38. The quantitative estimate of drug-likeness (QED) is 0.620. The van der Waals surface area contributed by atoms with E-state index in [4.69, 9.17) is 4.74 Å². The molecule has 0 fully saturated rings. The second-order valence-electron chi connectivity index (χ2n) is 4.36. The maximum atomic E-state index is 13.3. The van der Waals surface area contributed by atoms with E-state index in [1.54, 1.807) is 32.0 Å². The number of ether oxygens (including phenoxy) is 1. The Morgan fingerprint density at radius 3 is 2.70 bits per heavy atom. The smallest absolute Gasteiger partial charge is 0.307 e. The molecule has 0 aromatic heterocycles. The average Bonchev–Trinajstić information content (AvgIpc) is 2.37. The van der Waals surface area contributed by atoms with Crippen LogP contribution in [0.5, 0.6) is 0 Å². The van der Waals surface area contributed by atoms with Gasteiger partial charge in [-0.25, -0.2) is 4.39 Å². The fourth-order valence-corrected chi connectivity index (χ4v) is 2.15. The SMILES string of the molecule is CC(C)OC(=O)CCNC(=O)CSc1ccccc1F. The summed E-state index contributed by atoms with van der Waals surface area (Å²) in [5.41, 5.74) is 0. The van der Waals surface area contributed by atoms with Gasteiger partial charge in [-0.05, 0) is 26.0 Å². The van der Waals surface area contributed by atoms with Crippen molar-refractivity contribution in [3.63, 3.8) is 0 Å². The van der Waals surface area contributed by atoms with Crippen LogP contribution in [0, 0.1) is 5.82 Å². The van der Waals surface area contributed by atoms with Gasteiger partial charge in [-0.3, -0.25) is 9.59 Å². The molecule has 1 aromatic rings. The van der Waals surface area contributed by atoms with Crippen LogP contribution < -0.4 is 5.32 Å². The highest BCUT2D eigenvalue weighted by atomic mass is 32.2. The fraction of sp³-hybridized carbons (Fsp3) is 0.429. The first-order chi connectivity index (χ1) is 9.49. The topological polar surface area (TPSA) is 55.4 Å². The molecule has 0 aliphatic carbocycles. The van der Waals surface area contributed by atoms with E-state index in [0.29, 0.717) is 4.90 Å². The molecule has 20 heavy (non-hydrogen) atoms. The van der Waals surface area contributed by atoms with Crippen LogP contribution >= 0.6 is 11.8 Å². The number of halogens is 1. The van der Waals surface area contributed by atoms with Crippen molar-refractivity contribution in [2.24, 2.45) is 0 Å². The molecule has 1 aromatic carbocycles. The number of carbonyl (C=O) groups is 2. The van der Waals surface area contributed by atoms with Crippen LogP contribution in [-0.4, -0.2) is 30.3 Å². The summed E-state index contributed by atoms with van der Waals surface area (Å²) in [6.45, 7) is 3.76. The molecule has 0 saturated heterocycles. The largest absolute Gasteiger partial charge is 0.463 e. The van der Waals surface area contributed by atoms with E-state index in [9.17, 15) is 14.0 Å². The number of carbonyl (C=O) groups excluding carboxylic acids is 2. The van der Waals surface area contributed by atoms with E-state index in [1.165, 1.54) is 6.07 Å². The van der Waals surface area contributed by atoms with Crippen molar-refractivity contribution in [3.8, 4) is 0 Å². The van der Waals surface area contributed by atoms with Gasteiger partial charge in [0, 0.05) is 11.4 Å². The van der Waals surface area contributed by atoms with Crippen LogP contribution in [0.3, 0.4) is 0 Å². The van der Waals surface area contributed by atoms with Crippen molar-refractivity contribution in [1.82, 2.24) is 5.32 Å². The van der Waals surface area contributed by atoms with Gasteiger partial charge >= 0.3 is 5.97 Å². The van der Waals surface area contributed by atoms with Crippen LogP contribution in [0.1, 0.15) is 20.3 Å². The van der Waals surface area contributed by atoms with Gasteiger partial charge in [-0.1, -0.05) is 12.1 Å². The highest BCUT2D eigenvalue weighted by Gasteiger charge is 2.08. The van der Waals surface area contributed by atoms with Gasteiger partial charge in [0.05, 0.1) is 18.3 Å². The molecular formula is C14H18FNO3S. The summed E-state index contributed by atoms with van der Waals surface area (Å²) in [5.74, 6) is -0.816.